The first-order valence-electron chi connectivity index (χ1n) is 5.35. The summed E-state index contributed by atoms with van der Waals surface area (Å²) in [6.07, 6.45) is 2.11. The molecule has 0 aliphatic heterocycles. The van der Waals surface area contributed by atoms with Crippen molar-refractivity contribution in [2.24, 2.45) is 11.3 Å². The molecule has 0 N–H and O–H groups in total. The molecule has 0 fully saturated rings. The first-order chi connectivity index (χ1) is 7.02. The highest BCUT2D eigenvalue weighted by Crippen LogP contribution is 2.40. The molecule has 0 radical (unpaired) electrons. The molecule has 0 heterocycles. The number of carbonyl (C=O) groups excluding carboxylic acids is 1. The number of hydrogen-bond acceptors (Lipinski definition) is 1. The van der Waals surface area contributed by atoms with E-state index in [9.17, 15) is 4.79 Å². The van der Waals surface area contributed by atoms with Gasteiger partial charge in [0, 0.05) is 11.3 Å². The number of allylic oxidation sites excluding steroid dienone is 2. The molecule has 0 amide bonds. The molecule has 1 aliphatic rings. The maximum absolute atomic E-state index is 12.0. The number of benzene rings is 1. The number of ketones is 1. The van der Waals surface area contributed by atoms with Gasteiger partial charge in [0.2, 0.25) is 0 Å². The summed E-state index contributed by atoms with van der Waals surface area (Å²) in [5.74, 6) is 0.351. The standard InChI is InChI=1S/C14H16O/c1-10-12(9-14(2,3)13(10)15)11-7-5-4-6-8-11/h4-10H,1-3H3. The number of carbonyl (C=O) groups is 1. The molecule has 1 aromatic carbocycles. The largest absolute Gasteiger partial charge is 0.298 e. The van der Waals surface area contributed by atoms with Gasteiger partial charge in [0.15, 0.2) is 0 Å². The Labute approximate surface area is 90.8 Å². The summed E-state index contributed by atoms with van der Waals surface area (Å²) in [6, 6.07) is 10.2. The Balaban J connectivity index is 2.45. The first-order valence-corrected chi connectivity index (χ1v) is 5.35. The van der Waals surface area contributed by atoms with Crippen molar-refractivity contribution < 1.29 is 4.79 Å². The zero-order chi connectivity index (χ0) is 11.1. The van der Waals surface area contributed by atoms with Crippen molar-refractivity contribution in [2.45, 2.75) is 20.8 Å². The molecular formula is C14H16O. The van der Waals surface area contributed by atoms with Crippen molar-refractivity contribution in [3.63, 3.8) is 0 Å². The summed E-state index contributed by atoms with van der Waals surface area (Å²) in [5, 5.41) is 0. The normalized spacial score (nSPS) is 24.1. The Morgan fingerprint density at radius 1 is 1.13 bits per heavy atom. The molecule has 1 aliphatic carbocycles. The fourth-order valence-electron chi connectivity index (χ4n) is 2.25. The van der Waals surface area contributed by atoms with Gasteiger partial charge in [-0.05, 0) is 25.0 Å². The van der Waals surface area contributed by atoms with Crippen LogP contribution in [0.3, 0.4) is 0 Å². The zero-order valence-electron chi connectivity index (χ0n) is 9.45. The molecule has 78 valence electrons. The van der Waals surface area contributed by atoms with Crippen LogP contribution in [0.15, 0.2) is 36.4 Å². The van der Waals surface area contributed by atoms with E-state index < -0.39 is 0 Å². The van der Waals surface area contributed by atoms with Gasteiger partial charge in [0.25, 0.3) is 0 Å². The first kappa shape index (κ1) is 10.2. The van der Waals surface area contributed by atoms with Gasteiger partial charge in [-0.2, -0.15) is 0 Å². The minimum atomic E-state index is -0.301. The highest BCUT2D eigenvalue weighted by atomic mass is 16.1. The summed E-state index contributed by atoms with van der Waals surface area (Å²) < 4.78 is 0. The quantitative estimate of drug-likeness (QED) is 0.679. The van der Waals surface area contributed by atoms with Crippen LogP contribution in [0.5, 0.6) is 0 Å². The summed E-state index contributed by atoms with van der Waals surface area (Å²) in [5.41, 5.74) is 2.04. The Hall–Kier alpha value is -1.37. The van der Waals surface area contributed by atoms with Crippen LogP contribution in [0.25, 0.3) is 5.57 Å². The second kappa shape index (κ2) is 3.34. The van der Waals surface area contributed by atoms with E-state index in [1.54, 1.807) is 0 Å². The lowest BCUT2D eigenvalue weighted by atomic mass is 9.88. The fraction of sp³-hybridized carbons (Fsp3) is 0.357. The van der Waals surface area contributed by atoms with Gasteiger partial charge in [0.05, 0.1) is 0 Å². The average Bonchev–Trinajstić information content (AvgIpc) is 2.44. The van der Waals surface area contributed by atoms with Crippen molar-refractivity contribution in [1.82, 2.24) is 0 Å². The fourth-order valence-corrected chi connectivity index (χ4v) is 2.25. The van der Waals surface area contributed by atoms with E-state index in [0.29, 0.717) is 5.78 Å². The third-order valence-electron chi connectivity index (χ3n) is 3.12. The second-order valence-electron chi connectivity index (χ2n) is 4.77. The molecule has 1 atom stereocenters. The van der Waals surface area contributed by atoms with Gasteiger partial charge in [-0.15, -0.1) is 0 Å². The van der Waals surface area contributed by atoms with Crippen LogP contribution in [-0.2, 0) is 4.79 Å². The molecule has 1 aromatic rings. The monoisotopic (exact) mass is 200 g/mol. The van der Waals surface area contributed by atoms with Gasteiger partial charge < -0.3 is 0 Å². The predicted octanol–water partition coefficient (Wildman–Crippen LogP) is 3.32. The Morgan fingerprint density at radius 2 is 1.73 bits per heavy atom. The molecule has 1 nitrogen and oxygen atoms in total. The van der Waals surface area contributed by atoms with E-state index in [2.05, 4.69) is 18.2 Å². The summed E-state index contributed by atoms with van der Waals surface area (Å²) >= 11 is 0. The summed E-state index contributed by atoms with van der Waals surface area (Å²) in [6.45, 7) is 5.97. The van der Waals surface area contributed by atoms with Crippen molar-refractivity contribution in [3.8, 4) is 0 Å². The van der Waals surface area contributed by atoms with E-state index in [1.807, 2.05) is 39.0 Å². The molecular weight excluding hydrogens is 184 g/mol. The minimum absolute atomic E-state index is 0.0300. The molecule has 2 rings (SSSR count). The van der Waals surface area contributed by atoms with Crippen molar-refractivity contribution >= 4 is 11.4 Å². The Bertz CT molecular complexity index is 412. The Morgan fingerprint density at radius 3 is 2.20 bits per heavy atom. The van der Waals surface area contributed by atoms with Gasteiger partial charge in [-0.1, -0.05) is 43.3 Å². The maximum atomic E-state index is 12.0. The van der Waals surface area contributed by atoms with Crippen LogP contribution in [0.1, 0.15) is 26.3 Å². The van der Waals surface area contributed by atoms with Crippen molar-refractivity contribution in [1.29, 1.82) is 0 Å². The average molecular weight is 200 g/mol. The lowest BCUT2D eigenvalue weighted by Crippen LogP contribution is -2.21. The third kappa shape index (κ3) is 1.63. The highest BCUT2D eigenvalue weighted by Gasteiger charge is 2.38. The maximum Gasteiger partial charge on any atom is 0.149 e. The van der Waals surface area contributed by atoms with Gasteiger partial charge in [0.1, 0.15) is 5.78 Å². The third-order valence-corrected chi connectivity index (χ3v) is 3.12. The van der Waals surface area contributed by atoms with Crippen LogP contribution >= 0.6 is 0 Å². The summed E-state index contributed by atoms with van der Waals surface area (Å²) in [4.78, 5) is 12.0. The van der Waals surface area contributed by atoms with E-state index >= 15 is 0 Å². The second-order valence-corrected chi connectivity index (χ2v) is 4.77. The van der Waals surface area contributed by atoms with Gasteiger partial charge >= 0.3 is 0 Å². The minimum Gasteiger partial charge on any atom is -0.298 e. The highest BCUT2D eigenvalue weighted by molar-refractivity contribution is 6.03. The van der Waals surface area contributed by atoms with Crippen LogP contribution in [0.4, 0.5) is 0 Å². The molecule has 1 heteroatoms. The van der Waals surface area contributed by atoms with E-state index in [1.165, 1.54) is 11.1 Å². The zero-order valence-corrected chi connectivity index (χ0v) is 9.45. The van der Waals surface area contributed by atoms with E-state index in [4.69, 9.17) is 0 Å². The van der Waals surface area contributed by atoms with Crippen molar-refractivity contribution in [2.75, 3.05) is 0 Å². The molecule has 0 saturated carbocycles. The smallest absolute Gasteiger partial charge is 0.149 e. The van der Waals surface area contributed by atoms with E-state index in [0.717, 1.165) is 0 Å². The number of hydrogen-bond donors (Lipinski definition) is 0. The lowest BCUT2D eigenvalue weighted by Gasteiger charge is -2.13. The molecule has 0 saturated heterocycles. The van der Waals surface area contributed by atoms with Crippen LogP contribution in [0, 0.1) is 11.3 Å². The molecule has 0 bridgehead atoms. The molecule has 15 heavy (non-hydrogen) atoms. The topological polar surface area (TPSA) is 17.1 Å². The van der Waals surface area contributed by atoms with Crippen LogP contribution < -0.4 is 0 Å². The molecule has 0 spiro atoms. The Kier molecular flexibility index (Phi) is 2.26. The molecule has 0 aromatic heterocycles. The van der Waals surface area contributed by atoms with E-state index in [-0.39, 0.29) is 11.3 Å². The van der Waals surface area contributed by atoms with Crippen molar-refractivity contribution in [3.05, 3.63) is 42.0 Å². The summed E-state index contributed by atoms with van der Waals surface area (Å²) in [7, 11) is 0. The van der Waals surface area contributed by atoms with Gasteiger partial charge in [-0.3, -0.25) is 4.79 Å². The SMILES string of the molecule is CC1C(=O)C(C)(C)C=C1c1ccccc1. The molecule has 1 unspecified atom stereocenters. The van der Waals surface area contributed by atoms with Crippen LogP contribution in [0.2, 0.25) is 0 Å². The number of Topliss-reactive ketones (excluding diaryl/α,β-unsaturated/α-hetero) is 1. The predicted molar refractivity (Wildman–Crippen MR) is 62.4 cm³/mol. The number of rotatable bonds is 1. The lowest BCUT2D eigenvalue weighted by molar-refractivity contribution is -0.125. The van der Waals surface area contributed by atoms with Gasteiger partial charge in [-0.25, -0.2) is 0 Å². The van der Waals surface area contributed by atoms with Crippen LogP contribution in [-0.4, -0.2) is 5.78 Å².